The summed E-state index contributed by atoms with van der Waals surface area (Å²) in [5, 5.41) is 0. The summed E-state index contributed by atoms with van der Waals surface area (Å²) in [7, 11) is -3.50. The van der Waals surface area contributed by atoms with Crippen LogP contribution in [0.5, 0.6) is 5.75 Å². The van der Waals surface area contributed by atoms with E-state index in [0.29, 0.717) is 30.9 Å². The van der Waals surface area contributed by atoms with Gasteiger partial charge in [0.1, 0.15) is 5.75 Å². The minimum absolute atomic E-state index is 0.0677. The lowest BCUT2D eigenvalue weighted by Crippen LogP contribution is -2.49. The van der Waals surface area contributed by atoms with Gasteiger partial charge in [-0.05, 0) is 49.1 Å². The van der Waals surface area contributed by atoms with Gasteiger partial charge in [-0.2, -0.15) is 4.31 Å². The van der Waals surface area contributed by atoms with Crippen molar-refractivity contribution < 1.29 is 22.7 Å². The van der Waals surface area contributed by atoms with Crippen molar-refractivity contribution in [2.75, 3.05) is 24.5 Å². The number of nitrogens with two attached hydrogens (primary N) is 1. The lowest BCUT2D eigenvalue weighted by molar-refractivity contribution is -0.125. The summed E-state index contributed by atoms with van der Waals surface area (Å²) in [6.07, 6.45) is 3.66. The van der Waals surface area contributed by atoms with Gasteiger partial charge in [-0.15, -0.1) is 0 Å². The first-order valence-electron chi connectivity index (χ1n) is 11.3. The van der Waals surface area contributed by atoms with E-state index in [-0.39, 0.29) is 23.8 Å². The number of carbonyl (C=O) groups excluding carboxylic acids is 2. The number of amides is 2. The van der Waals surface area contributed by atoms with Crippen molar-refractivity contribution in [3.63, 3.8) is 0 Å². The molecular formula is C24H29N3O5S. The van der Waals surface area contributed by atoms with E-state index >= 15 is 0 Å². The predicted molar refractivity (Wildman–Crippen MR) is 124 cm³/mol. The molecule has 0 radical (unpaired) electrons. The molecule has 4 rings (SSSR count). The number of nitrogens with zero attached hydrogens (tertiary/aromatic N) is 2. The van der Waals surface area contributed by atoms with E-state index in [9.17, 15) is 18.0 Å². The third kappa shape index (κ3) is 5.20. The zero-order valence-corrected chi connectivity index (χ0v) is 19.3. The molecule has 9 heteroatoms. The lowest BCUT2D eigenvalue weighted by atomic mass is 10.1. The third-order valence-corrected chi connectivity index (χ3v) is 8.06. The second-order valence-electron chi connectivity index (χ2n) is 8.44. The minimum atomic E-state index is -3.50. The molecule has 0 aromatic heterocycles. The Morgan fingerprint density at radius 1 is 0.970 bits per heavy atom. The van der Waals surface area contributed by atoms with E-state index in [0.717, 1.165) is 31.2 Å². The second kappa shape index (κ2) is 9.93. The molecule has 2 aliphatic rings. The van der Waals surface area contributed by atoms with E-state index in [1.54, 1.807) is 52.8 Å². The van der Waals surface area contributed by atoms with Crippen LogP contribution in [-0.4, -0.2) is 50.3 Å². The number of aryl methyl sites for hydroxylation is 1. The van der Waals surface area contributed by atoms with Crippen LogP contribution in [0.4, 0.5) is 5.69 Å². The van der Waals surface area contributed by atoms with Crippen LogP contribution in [0.15, 0.2) is 53.4 Å². The Bertz CT molecular complexity index is 1110. The summed E-state index contributed by atoms with van der Waals surface area (Å²) in [5.41, 5.74) is 6.89. The Balaban J connectivity index is 1.42. The maximum Gasteiger partial charge on any atom is 0.260 e. The number of rotatable bonds is 6. The molecule has 0 aliphatic carbocycles. The van der Waals surface area contributed by atoms with Crippen molar-refractivity contribution in [1.82, 2.24) is 4.31 Å². The maximum absolute atomic E-state index is 13.0. The monoisotopic (exact) mass is 471 g/mol. The fourth-order valence-electron chi connectivity index (χ4n) is 4.26. The van der Waals surface area contributed by atoms with Crippen molar-refractivity contribution in [1.29, 1.82) is 0 Å². The zero-order valence-electron chi connectivity index (χ0n) is 18.5. The summed E-state index contributed by atoms with van der Waals surface area (Å²) in [5.74, 6) is -0.328. The van der Waals surface area contributed by atoms with Gasteiger partial charge in [0.2, 0.25) is 15.9 Å². The lowest BCUT2D eigenvalue weighted by Gasteiger charge is -2.33. The maximum atomic E-state index is 13.0. The number of hydrogen-bond donors (Lipinski definition) is 1. The SMILES string of the molecule is NC(=O)[C@@H]1CN(C(=O)CCc2ccc(S(=O)(=O)N3CCCCCC3)cc2)c2ccccc2O1. The second-order valence-corrected chi connectivity index (χ2v) is 10.4. The minimum Gasteiger partial charge on any atom is -0.477 e. The van der Waals surface area contributed by atoms with Gasteiger partial charge in [0.25, 0.3) is 5.91 Å². The Hall–Kier alpha value is -2.91. The molecule has 1 saturated heterocycles. The van der Waals surface area contributed by atoms with E-state index in [1.807, 2.05) is 0 Å². The summed E-state index contributed by atoms with van der Waals surface area (Å²) in [6, 6.07) is 13.8. The molecule has 0 bridgehead atoms. The number of fused-ring (bicyclic) bond motifs is 1. The van der Waals surface area contributed by atoms with Gasteiger partial charge in [-0.25, -0.2) is 8.42 Å². The predicted octanol–water partition coefficient (Wildman–Crippen LogP) is 2.46. The van der Waals surface area contributed by atoms with Crippen LogP contribution in [0.1, 0.15) is 37.7 Å². The van der Waals surface area contributed by atoms with Crippen molar-refractivity contribution in [3.8, 4) is 5.75 Å². The first-order valence-corrected chi connectivity index (χ1v) is 12.7. The highest BCUT2D eigenvalue weighted by atomic mass is 32.2. The number of hydrogen-bond acceptors (Lipinski definition) is 5. The largest absolute Gasteiger partial charge is 0.477 e. The molecule has 0 unspecified atom stereocenters. The first-order chi connectivity index (χ1) is 15.9. The third-order valence-electron chi connectivity index (χ3n) is 6.15. The topological polar surface area (TPSA) is 110 Å². The number of ether oxygens (including phenoxy) is 1. The number of primary amides is 1. The van der Waals surface area contributed by atoms with Crippen molar-refractivity contribution in [2.45, 2.75) is 49.5 Å². The van der Waals surface area contributed by atoms with Crippen LogP contribution in [0.25, 0.3) is 0 Å². The molecule has 2 aromatic carbocycles. The smallest absolute Gasteiger partial charge is 0.260 e. The first kappa shape index (κ1) is 23.3. The van der Waals surface area contributed by atoms with Gasteiger partial charge in [-0.3, -0.25) is 9.59 Å². The van der Waals surface area contributed by atoms with Crippen molar-refractivity contribution in [2.24, 2.45) is 5.73 Å². The van der Waals surface area contributed by atoms with E-state index in [2.05, 4.69) is 0 Å². The molecule has 1 fully saturated rings. The van der Waals surface area contributed by atoms with Gasteiger partial charge in [0, 0.05) is 19.5 Å². The molecule has 33 heavy (non-hydrogen) atoms. The number of anilines is 1. The van der Waals surface area contributed by atoms with E-state index in [1.165, 1.54) is 4.90 Å². The van der Waals surface area contributed by atoms with Gasteiger partial charge < -0.3 is 15.4 Å². The molecule has 2 aromatic rings. The van der Waals surface area contributed by atoms with Crippen LogP contribution in [0.3, 0.4) is 0 Å². The molecule has 2 heterocycles. The summed E-state index contributed by atoms with van der Waals surface area (Å²) >= 11 is 0. The van der Waals surface area contributed by atoms with Crippen LogP contribution in [0, 0.1) is 0 Å². The summed E-state index contributed by atoms with van der Waals surface area (Å²) < 4.78 is 33.1. The fourth-order valence-corrected chi connectivity index (χ4v) is 5.78. The average Bonchev–Trinajstić information content (AvgIpc) is 3.12. The highest BCUT2D eigenvalue weighted by molar-refractivity contribution is 7.89. The number of carbonyl (C=O) groups is 2. The summed E-state index contributed by atoms with van der Waals surface area (Å²) in [6.45, 7) is 1.19. The molecule has 1 atom stereocenters. The molecule has 176 valence electrons. The Morgan fingerprint density at radius 3 is 2.30 bits per heavy atom. The van der Waals surface area contributed by atoms with E-state index < -0.39 is 22.0 Å². The van der Waals surface area contributed by atoms with Crippen LogP contribution in [0.2, 0.25) is 0 Å². The van der Waals surface area contributed by atoms with Crippen molar-refractivity contribution >= 4 is 27.5 Å². The highest BCUT2D eigenvalue weighted by Gasteiger charge is 2.32. The van der Waals surface area contributed by atoms with Gasteiger partial charge in [0.05, 0.1) is 17.1 Å². The van der Waals surface area contributed by atoms with Crippen LogP contribution in [-0.2, 0) is 26.0 Å². The van der Waals surface area contributed by atoms with Gasteiger partial charge >= 0.3 is 0 Å². The number of sulfonamides is 1. The molecular weight excluding hydrogens is 442 g/mol. The molecule has 2 amide bonds. The van der Waals surface area contributed by atoms with Gasteiger partial charge in [0.15, 0.2) is 6.10 Å². The van der Waals surface area contributed by atoms with Crippen molar-refractivity contribution in [3.05, 3.63) is 54.1 Å². The molecule has 0 spiro atoms. The van der Waals surface area contributed by atoms with E-state index in [4.69, 9.17) is 10.5 Å². The number of benzene rings is 2. The normalized spacial score (nSPS) is 19.3. The molecule has 2 N–H and O–H groups in total. The number of para-hydroxylation sites is 2. The summed E-state index contributed by atoms with van der Waals surface area (Å²) in [4.78, 5) is 26.5. The standard InChI is InChI=1S/C24H29N3O5S/c25-24(29)22-17-27(20-7-3-4-8-21(20)32-22)23(28)14-11-18-9-12-19(13-10-18)33(30,31)26-15-5-1-2-6-16-26/h3-4,7-10,12-13,22H,1-2,5-6,11,14-17H2,(H2,25,29)/t22-/m0/s1. The Morgan fingerprint density at radius 2 is 1.64 bits per heavy atom. The highest BCUT2D eigenvalue weighted by Crippen LogP contribution is 2.33. The zero-order chi connectivity index (χ0) is 23.4. The molecule has 0 saturated carbocycles. The average molecular weight is 472 g/mol. The van der Waals surface area contributed by atoms with Crippen LogP contribution >= 0.6 is 0 Å². The Kier molecular flexibility index (Phi) is 6.99. The Labute approximate surface area is 194 Å². The van der Waals surface area contributed by atoms with Crippen LogP contribution < -0.4 is 15.4 Å². The quantitative estimate of drug-likeness (QED) is 0.696. The molecule has 8 nitrogen and oxygen atoms in total. The molecule has 2 aliphatic heterocycles. The van der Waals surface area contributed by atoms with Gasteiger partial charge in [-0.1, -0.05) is 37.1 Å². The fraction of sp³-hybridized carbons (Fsp3) is 0.417.